The van der Waals surface area contributed by atoms with Crippen LogP contribution in [0.25, 0.3) is 0 Å². The highest BCUT2D eigenvalue weighted by molar-refractivity contribution is 5.12. The second kappa shape index (κ2) is 5.28. The molecule has 1 saturated carbocycles. The highest BCUT2D eigenvalue weighted by Crippen LogP contribution is 2.26. The summed E-state index contributed by atoms with van der Waals surface area (Å²) in [6, 6.07) is 0. The van der Waals surface area contributed by atoms with Crippen LogP contribution in [0.5, 0.6) is 0 Å². The van der Waals surface area contributed by atoms with E-state index in [9.17, 15) is 0 Å². The van der Waals surface area contributed by atoms with Gasteiger partial charge in [0.15, 0.2) is 0 Å². The van der Waals surface area contributed by atoms with E-state index in [-0.39, 0.29) is 0 Å². The molecule has 0 aromatic heterocycles. The lowest BCUT2D eigenvalue weighted by molar-refractivity contribution is 0.886. The quantitative estimate of drug-likeness (QED) is 0.448. The molecule has 10 heavy (non-hydrogen) atoms. The Morgan fingerprint density at radius 1 is 1.10 bits per heavy atom. The molecule has 0 aliphatic heterocycles. The van der Waals surface area contributed by atoms with Crippen LogP contribution in [0.2, 0.25) is 0 Å². The Kier molecular flexibility index (Phi) is 5.00. The molecule has 0 N–H and O–H groups in total. The molecule has 0 heteroatoms. The molecule has 0 radical (unpaired) electrons. The first kappa shape index (κ1) is 9.48. The van der Waals surface area contributed by atoms with Gasteiger partial charge in [0, 0.05) is 0 Å². The molecule has 1 rings (SSSR count). The van der Waals surface area contributed by atoms with E-state index < -0.39 is 0 Å². The van der Waals surface area contributed by atoms with Crippen LogP contribution in [0.4, 0.5) is 0 Å². The Labute approximate surface area is 64.6 Å². The van der Waals surface area contributed by atoms with Gasteiger partial charge in [-0.2, -0.15) is 0 Å². The third kappa shape index (κ3) is 2.86. The van der Waals surface area contributed by atoms with Crippen molar-refractivity contribution in [2.24, 2.45) is 0 Å². The highest BCUT2D eigenvalue weighted by atomic mass is 14.1. The average molecular weight is 138 g/mol. The van der Waals surface area contributed by atoms with Crippen molar-refractivity contribution < 1.29 is 0 Å². The van der Waals surface area contributed by atoms with Crippen molar-refractivity contribution in [3.63, 3.8) is 0 Å². The van der Waals surface area contributed by atoms with Gasteiger partial charge in [0.2, 0.25) is 0 Å². The summed E-state index contributed by atoms with van der Waals surface area (Å²) in [5, 5.41) is 0. The van der Waals surface area contributed by atoms with Crippen LogP contribution < -0.4 is 0 Å². The van der Waals surface area contributed by atoms with Gasteiger partial charge in [-0.25, -0.2) is 0 Å². The van der Waals surface area contributed by atoms with Gasteiger partial charge in [0.25, 0.3) is 0 Å². The summed E-state index contributed by atoms with van der Waals surface area (Å²) in [4.78, 5) is 0. The van der Waals surface area contributed by atoms with Crippen LogP contribution >= 0.6 is 0 Å². The minimum absolute atomic E-state index is 1.38. The first-order valence-corrected chi connectivity index (χ1v) is 3.96. The molecule has 0 aromatic rings. The predicted molar refractivity (Wildman–Crippen MR) is 48.1 cm³/mol. The Morgan fingerprint density at radius 2 is 1.50 bits per heavy atom. The lowest BCUT2D eigenvalue weighted by atomic mass is 10.1. The van der Waals surface area contributed by atoms with Gasteiger partial charge in [-0.3, -0.25) is 0 Å². The minimum Gasteiger partial charge on any atom is -0.106 e. The maximum atomic E-state index is 3.00. The van der Waals surface area contributed by atoms with Gasteiger partial charge in [-0.05, 0) is 39.5 Å². The van der Waals surface area contributed by atoms with E-state index in [4.69, 9.17) is 0 Å². The largest absolute Gasteiger partial charge is 0.106 e. The van der Waals surface area contributed by atoms with Crippen molar-refractivity contribution >= 4 is 0 Å². The van der Waals surface area contributed by atoms with E-state index in [0.717, 1.165) is 0 Å². The van der Waals surface area contributed by atoms with Gasteiger partial charge in [-0.15, -0.1) is 13.2 Å². The molecule has 0 saturated heterocycles. The van der Waals surface area contributed by atoms with Crippen LogP contribution in [0.1, 0.15) is 39.5 Å². The van der Waals surface area contributed by atoms with Gasteiger partial charge < -0.3 is 0 Å². The van der Waals surface area contributed by atoms with Crippen molar-refractivity contribution in [2.75, 3.05) is 0 Å². The van der Waals surface area contributed by atoms with E-state index in [0.29, 0.717) is 0 Å². The van der Waals surface area contributed by atoms with Gasteiger partial charge in [-0.1, -0.05) is 11.1 Å². The lowest BCUT2D eigenvalue weighted by Crippen LogP contribution is -1.74. The van der Waals surface area contributed by atoms with Gasteiger partial charge in [0.1, 0.15) is 0 Å². The molecule has 0 aromatic carbocycles. The lowest BCUT2D eigenvalue weighted by Gasteiger charge is -1.95. The maximum Gasteiger partial charge on any atom is -0.0318 e. The molecule has 1 fully saturated rings. The molecule has 0 atom stereocenters. The highest BCUT2D eigenvalue weighted by Gasteiger charge is 2.06. The number of allylic oxidation sites excluding steroid dienone is 2. The molecule has 1 aliphatic carbocycles. The zero-order valence-electron chi connectivity index (χ0n) is 7.24. The smallest absolute Gasteiger partial charge is 0.0318 e. The van der Waals surface area contributed by atoms with E-state index in [1.54, 1.807) is 11.1 Å². The van der Waals surface area contributed by atoms with E-state index in [1.807, 2.05) is 0 Å². The molecule has 0 spiro atoms. The number of rotatable bonds is 0. The minimum atomic E-state index is 1.38. The molecule has 0 unspecified atom stereocenters. The molecule has 0 nitrogen and oxygen atoms in total. The van der Waals surface area contributed by atoms with Crippen molar-refractivity contribution in [2.45, 2.75) is 39.5 Å². The number of hydrogen-bond acceptors (Lipinski definition) is 0. The average Bonchev–Trinajstić information content (AvgIpc) is 2.42. The van der Waals surface area contributed by atoms with Gasteiger partial charge >= 0.3 is 0 Å². The second-order valence-electron chi connectivity index (χ2n) is 2.81. The third-order valence-electron chi connectivity index (χ3n) is 1.91. The molecule has 0 heterocycles. The second-order valence-corrected chi connectivity index (χ2v) is 2.81. The van der Waals surface area contributed by atoms with Crippen LogP contribution in [-0.2, 0) is 0 Å². The van der Waals surface area contributed by atoms with Crippen LogP contribution in [-0.4, -0.2) is 0 Å². The molecular weight excluding hydrogens is 120 g/mol. The van der Waals surface area contributed by atoms with Gasteiger partial charge in [0.05, 0.1) is 0 Å². The first-order chi connectivity index (χ1) is 4.80. The summed E-state index contributed by atoms with van der Waals surface area (Å²) >= 11 is 0. The van der Waals surface area contributed by atoms with Crippen molar-refractivity contribution in [3.8, 4) is 0 Å². The van der Waals surface area contributed by atoms with Crippen molar-refractivity contribution in [1.29, 1.82) is 0 Å². The summed E-state index contributed by atoms with van der Waals surface area (Å²) < 4.78 is 0. The van der Waals surface area contributed by atoms with Crippen LogP contribution in [0.3, 0.4) is 0 Å². The number of hydrogen-bond donors (Lipinski definition) is 0. The van der Waals surface area contributed by atoms with E-state index in [1.165, 1.54) is 25.7 Å². The Morgan fingerprint density at radius 3 is 1.70 bits per heavy atom. The summed E-state index contributed by atoms with van der Waals surface area (Å²) in [6.45, 7) is 10.4. The zero-order valence-corrected chi connectivity index (χ0v) is 7.24. The standard InChI is InChI=1S/C8H14.C2H4/c1-7(2)8-5-3-4-6-8;1-2/h3-6H2,1-2H3;1-2H2. The Balaban J connectivity index is 0.000000371. The molecular formula is C10H18. The third-order valence-corrected chi connectivity index (χ3v) is 1.91. The fraction of sp³-hybridized carbons (Fsp3) is 0.600. The summed E-state index contributed by atoms with van der Waals surface area (Å²) in [6.07, 6.45) is 5.62. The predicted octanol–water partition coefficient (Wildman–Crippen LogP) is 3.70. The zero-order chi connectivity index (χ0) is 7.98. The fourth-order valence-electron chi connectivity index (χ4n) is 1.30. The first-order valence-electron chi connectivity index (χ1n) is 3.96. The SMILES string of the molecule is C=C.CC(C)=C1CCCC1. The fourth-order valence-corrected chi connectivity index (χ4v) is 1.30. The van der Waals surface area contributed by atoms with Crippen LogP contribution in [0, 0.1) is 0 Å². The summed E-state index contributed by atoms with van der Waals surface area (Å²) in [5.74, 6) is 0. The topological polar surface area (TPSA) is 0 Å². The monoisotopic (exact) mass is 138 g/mol. The van der Waals surface area contributed by atoms with Crippen molar-refractivity contribution in [3.05, 3.63) is 24.3 Å². The van der Waals surface area contributed by atoms with Crippen LogP contribution in [0.15, 0.2) is 24.3 Å². The maximum absolute atomic E-state index is 3.00. The molecule has 58 valence electrons. The Bertz CT molecular complexity index is 108. The van der Waals surface area contributed by atoms with Crippen molar-refractivity contribution in [1.82, 2.24) is 0 Å². The Hall–Kier alpha value is -0.520. The summed E-state index contributed by atoms with van der Waals surface area (Å²) in [5.41, 5.74) is 3.27. The molecule has 0 amide bonds. The normalized spacial score (nSPS) is 16.0. The van der Waals surface area contributed by atoms with E-state index in [2.05, 4.69) is 27.0 Å². The molecule has 1 aliphatic rings. The molecule has 0 bridgehead atoms. The summed E-state index contributed by atoms with van der Waals surface area (Å²) in [7, 11) is 0. The van der Waals surface area contributed by atoms with E-state index >= 15 is 0 Å².